The Kier molecular flexibility index (Phi) is 3.99. The summed E-state index contributed by atoms with van der Waals surface area (Å²) in [6, 6.07) is 7.80. The molecule has 0 aliphatic rings. The SMILES string of the molecule is C=C(/C=C\CCC)c1ccccc1N. The highest BCUT2D eigenvalue weighted by Gasteiger charge is 1.97. The molecule has 0 saturated carbocycles. The molecule has 1 heteroatoms. The van der Waals surface area contributed by atoms with E-state index >= 15 is 0 Å². The van der Waals surface area contributed by atoms with Crippen LogP contribution in [0.5, 0.6) is 0 Å². The van der Waals surface area contributed by atoms with E-state index < -0.39 is 0 Å². The van der Waals surface area contributed by atoms with E-state index in [1.807, 2.05) is 30.3 Å². The number of rotatable bonds is 4. The molecule has 0 spiro atoms. The Morgan fingerprint density at radius 1 is 1.43 bits per heavy atom. The minimum atomic E-state index is 0.790. The van der Waals surface area contributed by atoms with Crippen molar-refractivity contribution in [2.75, 3.05) is 5.73 Å². The van der Waals surface area contributed by atoms with Gasteiger partial charge in [0.2, 0.25) is 0 Å². The third kappa shape index (κ3) is 2.77. The molecule has 0 aromatic heterocycles. The lowest BCUT2D eigenvalue weighted by atomic mass is 10.0. The highest BCUT2D eigenvalue weighted by Crippen LogP contribution is 2.20. The Labute approximate surface area is 85.9 Å². The lowest BCUT2D eigenvalue weighted by molar-refractivity contribution is 0.959. The fourth-order valence-corrected chi connectivity index (χ4v) is 1.27. The molecule has 1 aromatic carbocycles. The van der Waals surface area contributed by atoms with Gasteiger partial charge in [0.25, 0.3) is 0 Å². The monoisotopic (exact) mass is 187 g/mol. The summed E-state index contributed by atoms with van der Waals surface area (Å²) in [5.74, 6) is 0. The zero-order valence-electron chi connectivity index (χ0n) is 8.66. The van der Waals surface area contributed by atoms with Crippen LogP contribution in [0.2, 0.25) is 0 Å². The van der Waals surface area contributed by atoms with Gasteiger partial charge < -0.3 is 5.73 Å². The zero-order valence-corrected chi connectivity index (χ0v) is 8.66. The molecule has 1 nitrogen and oxygen atoms in total. The van der Waals surface area contributed by atoms with Crippen molar-refractivity contribution in [3.8, 4) is 0 Å². The summed E-state index contributed by atoms with van der Waals surface area (Å²) < 4.78 is 0. The topological polar surface area (TPSA) is 26.0 Å². The first kappa shape index (κ1) is 10.6. The highest BCUT2D eigenvalue weighted by atomic mass is 14.6. The maximum absolute atomic E-state index is 5.83. The Hall–Kier alpha value is -1.50. The third-order valence-corrected chi connectivity index (χ3v) is 2.08. The second-order valence-electron chi connectivity index (χ2n) is 3.30. The molecule has 14 heavy (non-hydrogen) atoms. The van der Waals surface area contributed by atoms with E-state index in [0.29, 0.717) is 0 Å². The van der Waals surface area contributed by atoms with Gasteiger partial charge in [-0.25, -0.2) is 0 Å². The van der Waals surface area contributed by atoms with Gasteiger partial charge in [0.05, 0.1) is 0 Å². The van der Waals surface area contributed by atoms with E-state index in [9.17, 15) is 0 Å². The van der Waals surface area contributed by atoms with Crippen molar-refractivity contribution in [2.45, 2.75) is 19.8 Å². The minimum absolute atomic E-state index is 0.790. The van der Waals surface area contributed by atoms with Crippen LogP contribution in [0.1, 0.15) is 25.3 Å². The molecular weight excluding hydrogens is 170 g/mol. The molecule has 0 radical (unpaired) electrons. The van der Waals surface area contributed by atoms with Gasteiger partial charge in [0, 0.05) is 11.3 Å². The van der Waals surface area contributed by atoms with Gasteiger partial charge >= 0.3 is 0 Å². The Balaban J connectivity index is 2.75. The maximum Gasteiger partial charge on any atom is 0.0393 e. The van der Waals surface area contributed by atoms with Crippen LogP contribution in [-0.2, 0) is 0 Å². The van der Waals surface area contributed by atoms with Crippen molar-refractivity contribution in [1.29, 1.82) is 0 Å². The standard InChI is InChI=1S/C13H17N/c1-3-4-5-8-11(2)12-9-6-7-10-13(12)14/h5-10H,2-4,14H2,1H3/b8-5-. The van der Waals surface area contributed by atoms with E-state index in [1.165, 1.54) is 0 Å². The summed E-state index contributed by atoms with van der Waals surface area (Å²) in [5.41, 5.74) is 8.63. The smallest absolute Gasteiger partial charge is 0.0393 e. The van der Waals surface area contributed by atoms with Crippen LogP contribution >= 0.6 is 0 Å². The molecular formula is C13H17N. The zero-order chi connectivity index (χ0) is 10.4. The molecule has 0 bridgehead atoms. The number of allylic oxidation sites excluding steroid dienone is 3. The number of nitrogens with two attached hydrogens (primary N) is 1. The van der Waals surface area contributed by atoms with Gasteiger partial charge in [-0.2, -0.15) is 0 Å². The van der Waals surface area contributed by atoms with E-state index in [-0.39, 0.29) is 0 Å². The number of unbranched alkanes of at least 4 members (excludes halogenated alkanes) is 1. The molecule has 2 N–H and O–H groups in total. The number of benzene rings is 1. The fraction of sp³-hybridized carbons (Fsp3) is 0.231. The van der Waals surface area contributed by atoms with Gasteiger partial charge in [-0.05, 0) is 18.1 Å². The predicted molar refractivity (Wildman–Crippen MR) is 63.9 cm³/mol. The average Bonchev–Trinajstić information content (AvgIpc) is 2.18. The molecule has 0 saturated heterocycles. The van der Waals surface area contributed by atoms with Crippen LogP contribution in [0.3, 0.4) is 0 Å². The summed E-state index contributed by atoms with van der Waals surface area (Å²) in [5, 5.41) is 0. The predicted octanol–water partition coefficient (Wildman–Crippen LogP) is 3.64. The van der Waals surface area contributed by atoms with Crippen molar-refractivity contribution in [3.05, 3.63) is 48.6 Å². The molecule has 1 aromatic rings. The van der Waals surface area contributed by atoms with E-state index in [4.69, 9.17) is 5.73 Å². The first-order chi connectivity index (χ1) is 6.75. The first-order valence-corrected chi connectivity index (χ1v) is 4.96. The summed E-state index contributed by atoms with van der Waals surface area (Å²) in [6.07, 6.45) is 6.42. The number of hydrogen-bond donors (Lipinski definition) is 1. The van der Waals surface area contributed by atoms with Crippen LogP contribution in [0.15, 0.2) is 43.0 Å². The number of nitrogen functional groups attached to an aromatic ring is 1. The quantitative estimate of drug-likeness (QED) is 0.565. The molecule has 1 rings (SSSR count). The average molecular weight is 187 g/mol. The fourth-order valence-electron chi connectivity index (χ4n) is 1.27. The van der Waals surface area contributed by atoms with Gasteiger partial charge in [0.15, 0.2) is 0 Å². The molecule has 0 aliphatic carbocycles. The molecule has 0 amide bonds. The Bertz CT molecular complexity index is 337. The lowest BCUT2D eigenvalue weighted by Gasteiger charge is -2.03. The van der Waals surface area contributed by atoms with Crippen LogP contribution in [0, 0.1) is 0 Å². The van der Waals surface area contributed by atoms with Crippen LogP contribution in [-0.4, -0.2) is 0 Å². The molecule has 0 atom stereocenters. The summed E-state index contributed by atoms with van der Waals surface area (Å²) >= 11 is 0. The Morgan fingerprint density at radius 2 is 2.14 bits per heavy atom. The molecule has 0 unspecified atom stereocenters. The highest BCUT2D eigenvalue weighted by molar-refractivity contribution is 5.79. The van der Waals surface area contributed by atoms with Crippen LogP contribution in [0.25, 0.3) is 5.57 Å². The molecule has 0 aliphatic heterocycles. The van der Waals surface area contributed by atoms with E-state index in [1.54, 1.807) is 0 Å². The van der Waals surface area contributed by atoms with Gasteiger partial charge in [0.1, 0.15) is 0 Å². The summed E-state index contributed by atoms with van der Waals surface area (Å²) in [4.78, 5) is 0. The van der Waals surface area contributed by atoms with Crippen LogP contribution in [0.4, 0.5) is 5.69 Å². The molecule has 74 valence electrons. The van der Waals surface area contributed by atoms with Crippen molar-refractivity contribution in [1.82, 2.24) is 0 Å². The first-order valence-electron chi connectivity index (χ1n) is 4.96. The normalized spacial score (nSPS) is 10.6. The molecule has 0 fully saturated rings. The van der Waals surface area contributed by atoms with Crippen molar-refractivity contribution in [2.24, 2.45) is 0 Å². The third-order valence-electron chi connectivity index (χ3n) is 2.08. The largest absolute Gasteiger partial charge is 0.398 e. The van der Waals surface area contributed by atoms with Gasteiger partial charge in [-0.15, -0.1) is 0 Å². The summed E-state index contributed by atoms with van der Waals surface area (Å²) in [7, 11) is 0. The van der Waals surface area contributed by atoms with Crippen molar-refractivity contribution in [3.63, 3.8) is 0 Å². The van der Waals surface area contributed by atoms with E-state index in [0.717, 1.165) is 29.7 Å². The van der Waals surface area contributed by atoms with Gasteiger partial charge in [-0.1, -0.05) is 50.3 Å². The number of hydrogen-bond acceptors (Lipinski definition) is 1. The minimum Gasteiger partial charge on any atom is -0.398 e. The lowest BCUT2D eigenvalue weighted by Crippen LogP contribution is -1.90. The van der Waals surface area contributed by atoms with Crippen molar-refractivity contribution >= 4 is 11.3 Å². The molecule has 0 heterocycles. The second-order valence-corrected chi connectivity index (χ2v) is 3.30. The second kappa shape index (κ2) is 5.28. The van der Waals surface area contributed by atoms with Crippen LogP contribution < -0.4 is 5.73 Å². The summed E-state index contributed by atoms with van der Waals surface area (Å²) in [6.45, 7) is 6.15. The van der Waals surface area contributed by atoms with Gasteiger partial charge in [-0.3, -0.25) is 0 Å². The number of para-hydroxylation sites is 1. The number of anilines is 1. The maximum atomic E-state index is 5.83. The van der Waals surface area contributed by atoms with E-state index in [2.05, 4.69) is 19.6 Å². The Morgan fingerprint density at radius 3 is 2.79 bits per heavy atom. The van der Waals surface area contributed by atoms with Crippen molar-refractivity contribution < 1.29 is 0 Å².